The summed E-state index contributed by atoms with van der Waals surface area (Å²) in [5.41, 5.74) is 2.73. The van der Waals surface area contributed by atoms with Crippen LogP contribution in [0, 0.1) is 5.82 Å². The van der Waals surface area contributed by atoms with Crippen LogP contribution >= 0.6 is 12.3 Å². The summed E-state index contributed by atoms with van der Waals surface area (Å²) in [6, 6.07) is 4.05. The molecule has 2 heterocycles. The van der Waals surface area contributed by atoms with E-state index in [0.29, 0.717) is 28.9 Å². The molecule has 0 bridgehead atoms. The second-order valence-corrected chi connectivity index (χ2v) is 6.07. The van der Waals surface area contributed by atoms with Crippen LogP contribution in [0.4, 0.5) is 8.28 Å². The molecule has 0 radical (unpaired) electrons. The summed E-state index contributed by atoms with van der Waals surface area (Å²) in [6.07, 6.45) is 3.09. The van der Waals surface area contributed by atoms with Crippen LogP contribution in [-0.4, -0.2) is 29.3 Å². The van der Waals surface area contributed by atoms with Crippen molar-refractivity contribution in [2.75, 3.05) is 0 Å². The highest BCUT2D eigenvalue weighted by Gasteiger charge is 2.20. The van der Waals surface area contributed by atoms with Crippen LogP contribution in [0.1, 0.15) is 50.6 Å². The van der Waals surface area contributed by atoms with Crippen molar-refractivity contribution in [1.82, 2.24) is 24.2 Å². The molecule has 0 fully saturated rings. The van der Waals surface area contributed by atoms with Crippen LogP contribution in [0.5, 0.6) is 0 Å². The van der Waals surface area contributed by atoms with Crippen molar-refractivity contribution < 1.29 is 13.4 Å². The van der Waals surface area contributed by atoms with Gasteiger partial charge in [0.15, 0.2) is 0 Å². The third-order valence-corrected chi connectivity index (χ3v) is 4.11. The highest BCUT2D eigenvalue weighted by molar-refractivity contribution is 7.92. The number of benzene rings is 1. The van der Waals surface area contributed by atoms with Gasteiger partial charge in [-0.15, -0.1) is 14.1 Å². The molecule has 1 N–H and O–H groups in total. The third-order valence-electron chi connectivity index (χ3n) is 3.83. The van der Waals surface area contributed by atoms with E-state index in [1.54, 1.807) is 10.9 Å². The van der Waals surface area contributed by atoms with Crippen LogP contribution in [0.25, 0.3) is 11.3 Å². The molecule has 3 rings (SSSR count). The maximum absolute atomic E-state index is 13.6. The molecule has 0 aliphatic carbocycles. The minimum Gasteiger partial charge on any atom is -0.389 e. The van der Waals surface area contributed by atoms with Crippen LogP contribution in [-0.2, 0) is 13.0 Å². The van der Waals surface area contributed by atoms with Crippen LogP contribution < -0.4 is 0 Å². The number of aromatic nitrogens is 5. The van der Waals surface area contributed by atoms with Gasteiger partial charge in [-0.3, -0.25) is 4.68 Å². The standard InChI is InChI=1S/C16H17F2N5OS.C2H6/c1-3-22-9-11(8-19-22)6-15-16(21-23(20-15)25-18)13-5-4-12(17)7-14(13)10(2)24;1-2/h4-5,7-10,24H,3,6H2,1-2H3;1-2H3. The van der Waals surface area contributed by atoms with E-state index in [2.05, 4.69) is 15.3 Å². The Kier molecular flexibility index (Phi) is 7.49. The van der Waals surface area contributed by atoms with E-state index in [9.17, 15) is 13.4 Å². The molecule has 146 valence electrons. The zero-order chi connectivity index (χ0) is 20.0. The van der Waals surface area contributed by atoms with E-state index < -0.39 is 11.9 Å². The number of aryl methyl sites for hydroxylation is 1. The van der Waals surface area contributed by atoms with Gasteiger partial charge in [0.2, 0.25) is 12.3 Å². The predicted octanol–water partition coefficient (Wildman–Crippen LogP) is 4.35. The number of nitrogens with zero attached hydrogens (tertiary/aromatic N) is 5. The van der Waals surface area contributed by atoms with E-state index in [1.165, 1.54) is 25.1 Å². The highest BCUT2D eigenvalue weighted by Crippen LogP contribution is 2.31. The Morgan fingerprint density at radius 3 is 2.59 bits per heavy atom. The summed E-state index contributed by atoms with van der Waals surface area (Å²) < 4.78 is 29.2. The Morgan fingerprint density at radius 1 is 1.26 bits per heavy atom. The van der Waals surface area contributed by atoms with E-state index in [-0.39, 0.29) is 12.3 Å². The summed E-state index contributed by atoms with van der Waals surface area (Å²) in [7, 11) is 0. The summed E-state index contributed by atoms with van der Waals surface area (Å²) >= 11 is -0.127. The van der Waals surface area contributed by atoms with Crippen molar-refractivity contribution in [2.45, 2.75) is 46.8 Å². The first-order valence-electron chi connectivity index (χ1n) is 8.76. The minimum atomic E-state index is -0.899. The van der Waals surface area contributed by atoms with E-state index in [0.717, 1.165) is 16.3 Å². The van der Waals surface area contributed by atoms with Gasteiger partial charge in [-0.1, -0.05) is 18.0 Å². The molecule has 0 amide bonds. The van der Waals surface area contributed by atoms with Gasteiger partial charge in [0.05, 0.1) is 18.0 Å². The Hall–Kier alpha value is -2.26. The second-order valence-electron chi connectivity index (χ2n) is 5.61. The van der Waals surface area contributed by atoms with E-state index in [1.807, 2.05) is 27.0 Å². The molecular formula is C18H23F2N5OS. The molecule has 6 nitrogen and oxygen atoms in total. The predicted molar refractivity (Wildman–Crippen MR) is 102 cm³/mol. The molecule has 1 aromatic carbocycles. The fourth-order valence-corrected chi connectivity index (χ4v) is 2.88. The lowest BCUT2D eigenvalue weighted by Crippen LogP contribution is -1.99. The van der Waals surface area contributed by atoms with Crippen molar-refractivity contribution in [3.8, 4) is 11.3 Å². The maximum Gasteiger partial charge on any atom is 0.207 e. The Balaban J connectivity index is 0.00000126. The van der Waals surface area contributed by atoms with E-state index in [4.69, 9.17) is 0 Å². The Labute approximate surface area is 161 Å². The van der Waals surface area contributed by atoms with Gasteiger partial charge in [-0.05, 0) is 43.2 Å². The molecule has 27 heavy (non-hydrogen) atoms. The molecule has 0 aliphatic heterocycles. The molecule has 1 atom stereocenters. The Morgan fingerprint density at radius 2 is 2.00 bits per heavy atom. The molecule has 2 aromatic heterocycles. The molecule has 0 saturated carbocycles. The molecule has 0 spiro atoms. The summed E-state index contributed by atoms with van der Waals surface area (Å²) in [5, 5.41) is 22.4. The van der Waals surface area contributed by atoms with Crippen molar-refractivity contribution in [3.63, 3.8) is 0 Å². The van der Waals surface area contributed by atoms with Crippen LogP contribution in [0.3, 0.4) is 0 Å². The number of aliphatic hydroxyl groups excluding tert-OH is 1. The SMILES string of the molecule is CC.CCn1cc(Cc2nn(SF)nc2-c2ccc(F)cc2C(C)O)cn1. The molecule has 1 unspecified atom stereocenters. The monoisotopic (exact) mass is 395 g/mol. The molecule has 0 saturated heterocycles. The average molecular weight is 395 g/mol. The Bertz CT molecular complexity index is 879. The second kappa shape index (κ2) is 9.61. The topological polar surface area (TPSA) is 68.8 Å². The van der Waals surface area contributed by atoms with Crippen molar-refractivity contribution in [3.05, 3.63) is 53.2 Å². The lowest BCUT2D eigenvalue weighted by atomic mass is 9.98. The summed E-state index contributed by atoms with van der Waals surface area (Å²) in [4.78, 5) is 0. The summed E-state index contributed by atoms with van der Waals surface area (Å²) in [5.74, 6) is -0.460. The molecule has 0 aliphatic rings. The van der Waals surface area contributed by atoms with Gasteiger partial charge in [0.25, 0.3) is 0 Å². The fraction of sp³-hybridized carbons (Fsp3) is 0.389. The number of rotatable bonds is 6. The largest absolute Gasteiger partial charge is 0.389 e. The van der Waals surface area contributed by atoms with Crippen molar-refractivity contribution in [2.24, 2.45) is 0 Å². The minimum absolute atomic E-state index is 0.127. The highest BCUT2D eigenvalue weighted by atomic mass is 32.2. The van der Waals surface area contributed by atoms with Gasteiger partial charge in [0, 0.05) is 24.7 Å². The molecular weight excluding hydrogens is 372 g/mol. The number of halogens is 2. The fourth-order valence-electron chi connectivity index (χ4n) is 2.63. The van der Waals surface area contributed by atoms with Gasteiger partial charge in [-0.25, -0.2) is 4.39 Å². The number of hydrogen-bond acceptors (Lipinski definition) is 5. The van der Waals surface area contributed by atoms with Gasteiger partial charge < -0.3 is 5.11 Å². The lowest BCUT2D eigenvalue weighted by Gasteiger charge is -2.11. The maximum atomic E-state index is 13.6. The number of hydrogen-bond donors (Lipinski definition) is 1. The first-order chi connectivity index (χ1) is 13.0. The summed E-state index contributed by atoms with van der Waals surface area (Å²) in [6.45, 7) is 8.26. The molecule has 9 heteroatoms. The quantitative estimate of drug-likeness (QED) is 0.672. The van der Waals surface area contributed by atoms with Crippen LogP contribution in [0.2, 0.25) is 0 Å². The van der Waals surface area contributed by atoms with Crippen molar-refractivity contribution >= 4 is 12.3 Å². The van der Waals surface area contributed by atoms with Gasteiger partial charge in [0.1, 0.15) is 11.5 Å². The van der Waals surface area contributed by atoms with E-state index >= 15 is 0 Å². The van der Waals surface area contributed by atoms with Gasteiger partial charge in [-0.2, -0.15) is 5.10 Å². The molecule has 3 aromatic rings. The zero-order valence-corrected chi connectivity index (χ0v) is 16.5. The number of aliphatic hydroxyl groups is 1. The smallest absolute Gasteiger partial charge is 0.207 e. The average Bonchev–Trinajstić information content (AvgIpc) is 3.30. The first kappa shape index (κ1) is 21.0. The third kappa shape index (κ3) is 4.92. The first-order valence-corrected chi connectivity index (χ1v) is 9.43. The lowest BCUT2D eigenvalue weighted by molar-refractivity contribution is 0.199. The normalized spacial score (nSPS) is 11.8. The van der Waals surface area contributed by atoms with Crippen molar-refractivity contribution in [1.29, 1.82) is 0 Å². The van der Waals surface area contributed by atoms with Crippen LogP contribution in [0.15, 0.2) is 30.6 Å². The van der Waals surface area contributed by atoms with Gasteiger partial charge >= 0.3 is 0 Å². The zero-order valence-electron chi connectivity index (χ0n) is 15.7.